The van der Waals surface area contributed by atoms with Gasteiger partial charge >= 0.3 is 0 Å². The van der Waals surface area contributed by atoms with E-state index in [1.807, 2.05) is 12.4 Å². The predicted octanol–water partition coefficient (Wildman–Crippen LogP) is 3.22. The van der Waals surface area contributed by atoms with Gasteiger partial charge in [-0.15, -0.1) is 0 Å². The van der Waals surface area contributed by atoms with Crippen molar-refractivity contribution in [3.63, 3.8) is 0 Å². The normalized spacial score (nSPS) is 29.9. The number of aromatic nitrogens is 2. The molecule has 1 aromatic carbocycles. The molecule has 174 valence electrons. The number of benzene rings is 1. The fourth-order valence-corrected chi connectivity index (χ4v) is 6.97. The van der Waals surface area contributed by atoms with Gasteiger partial charge in [-0.3, -0.25) is 14.6 Å². The molecule has 1 amide bonds. The van der Waals surface area contributed by atoms with Crippen LogP contribution in [0, 0.1) is 11.8 Å². The minimum absolute atomic E-state index is 0.302. The lowest BCUT2D eigenvalue weighted by Crippen LogP contribution is -2.58. The summed E-state index contributed by atoms with van der Waals surface area (Å²) in [6.45, 7) is 7.49. The van der Waals surface area contributed by atoms with E-state index in [2.05, 4.69) is 49.8 Å². The zero-order valence-electron chi connectivity index (χ0n) is 19.7. The first-order valence-corrected chi connectivity index (χ1v) is 12.8. The van der Waals surface area contributed by atoms with Gasteiger partial charge in [-0.2, -0.15) is 0 Å². The summed E-state index contributed by atoms with van der Waals surface area (Å²) in [5, 5.41) is 0. The van der Waals surface area contributed by atoms with Gasteiger partial charge in [0, 0.05) is 62.8 Å². The molecule has 6 nitrogen and oxygen atoms in total. The molecule has 2 bridgehead atoms. The average molecular weight is 446 g/mol. The highest BCUT2D eigenvalue weighted by atomic mass is 16.2. The highest BCUT2D eigenvalue weighted by molar-refractivity contribution is 5.78. The molecule has 33 heavy (non-hydrogen) atoms. The highest BCUT2D eigenvalue weighted by Crippen LogP contribution is 2.47. The Morgan fingerprint density at radius 1 is 1.03 bits per heavy atom. The van der Waals surface area contributed by atoms with Crippen LogP contribution in [-0.2, 0) is 17.8 Å². The SMILES string of the molecule is C[C@H]1CN(C(=O)CN2CCc3cc(-c4cncnc4)ccc3C2)CCN1C1C[C@@H]2CC[C@H]1C2. The van der Waals surface area contributed by atoms with Gasteiger partial charge < -0.3 is 4.90 Å². The van der Waals surface area contributed by atoms with Crippen molar-refractivity contribution >= 4 is 5.91 Å². The Morgan fingerprint density at radius 3 is 2.67 bits per heavy atom. The smallest absolute Gasteiger partial charge is 0.236 e. The van der Waals surface area contributed by atoms with Crippen molar-refractivity contribution in [2.24, 2.45) is 11.8 Å². The monoisotopic (exact) mass is 445 g/mol. The second-order valence-corrected chi connectivity index (χ2v) is 10.7. The molecule has 4 aliphatic rings. The van der Waals surface area contributed by atoms with Crippen molar-refractivity contribution in [2.45, 2.75) is 57.7 Å². The molecule has 3 heterocycles. The Morgan fingerprint density at radius 2 is 1.91 bits per heavy atom. The molecule has 1 unspecified atom stereocenters. The molecule has 2 aromatic rings. The maximum Gasteiger partial charge on any atom is 0.236 e. The van der Waals surface area contributed by atoms with E-state index in [4.69, 9.17) is 0 Å². The predicted molar refractivity (Wildman–Crippen MR) is 128 cm³/mol. The lowest BCUT2D eigenvalue weighted by atomic mass is 9.92. The first kappa shape index (κ1) is 21.2. The van der Waals surface area contributed by atoms with Crippen molar-refractivity contribution in [1.29, 1.82) is 0 Å². The Labute approximate surface area is 197 Å². The van der Waals surface area contributed by atoms with E-state index in [1.165, 1.54) is 42.4 Å². The molecule has 2 aliphatic carbocycles. The minimum atomic E-state index is 0.302. The van der Waals surface area contributed by atoms with Crippen LogP contribution in [0.2, 0.25) is 0 Å². The van der Waals surface area contributed by atoms with Crippen LogP contribution in [0.5, 0.6) is 0 Å². The molecular weight excluding hydrogens is 410 g/mol. The second kappa shape index (κ2) is 8.80. The highest BCUT2D eigenvalue weighted by Gasteiger charge is 2.44. The number of nitrogens with zero attached hydrogens (tertiary/aromatic N) is 5. The Hall–Kier alpha value is -2.31. The van der Waals surface area contributed by atoms with Crippen molar-refractivity contribution in [3.05, 3.63) is 48.0 Å². The summed E-state index contributed by atoms with van der Waals surface area (Å²) in [5.74, 6) is 2.20. The number of piperazine rings is 1. The topological polar surface area (TPSA) is 52.6 Å². The third kappa shape index (κ3) is 4.19. The van der Waals surface area contributed by atoms with E-state index < -0.39 is 0 Å². The quantitative estimate of drug-likeness (QED) is 0.723. The summed E-state index contributed by atoms with van der Waals surface area (Å²) in [6.07, 6.45) is 12.0. The molecule has 3 fully saturated rings. The van der Waals surface area contributed by atoms with E-state index in [-0.39, 0.29) is 0 Å². The summed E-state index contributed by atoms with van der Waals surface area (Å²) < 4.78 is 0. The van der Waals surface area contributed by atoms with Crippen molar-refractivity contribution in [2.75, 3.05) is 32.7 Å². The van der Waals surface area contributed by atoms with E-state index in [0.717, 1.165) is 62.6 Å². The van der Waals surface area contributed by atoms with E-state index in [0.29, 0.717) is 18.5 Å². The van der Waals surface area contributed by atoms with Crippen LogP contribution < -0.4 is 0 Å². The molecule has 1 saturated heterocycles. The summed E-state index contributed by atoms with van der Waals surface area (Å²) in [6, 6.07) is 7.89. The fraction of sp³-hybridized carbons (Fsp3) is 0.593. The first-order chi connectivity index (χ1) is 16.1. The number of carbonyl (C=O) groups excluding carboxylic acids is 1. The maximum atomic E-state index is 13.2. The van der Waals surface area contributed by atoms with Gasteiger partial charge in [0.15, 0.2) is 0 Å². The Bertz CT molecular complexity index is 1010. The number of hydrogen-bond acceptors (Lipinski definition) is 5. The van der Waals surface area contributed by atoms with Crippen molar-refractivity contribution < 1.29 is 4.79 Å². The van der Waals surface area contributed by atoms with Gasteiger partial charge in [0.2, 0.25) is 5.91 Å². The number of rotatable bonds is 4. The fourth-order valence-electron chi connectivity index (χ4n) is 6.97. The van der Waals surface area contributed by atoms with Gasteiger partial charge in [0.25, 0.3) is 0 Å². The number of carbonyl (C=O) groups is 1. The van der Waals surface area contributed by atoms with Crippen LogP contribution in [0.25, 0.3) is 11.1 Å². The summed E-state index contributed by atoms with van der Waals surface area (Å²) in [7, 11) is 0. The van der Waals surface area contributed by atoms with E-state index in [1.54, 1.807) is 6.33 Å². The van der Waals surface area contributed by atoms with Crippen LogP contribution in [-0.4, -0.2) is 75.4 Å². The molecule has 0 N–H and O–H groups in total. The molecular formula is C27H35N5O. The molecule has 4 atom stereocenters. The minimum Gasteiger partial charge on any atom is -0.339 e. The van der Waals surface area contributed by atoms with Gasteiger partial charge in [-0.25, -0.2) is 9.97 Å². The maximum absolute atomic E-state index is 13.2. The molecule has 6 rings (SSSR count). The number of amides is 1. The van der Waals surface area contributed by atoms with Crippen LogP contribution in [0.4, 0.5) is 0 Å². The number of fused-ring (bicyclic) bond motifs is 3. The third-order valence-electron chi connectivity index (χ3n) is 8.71. The Balaban J connectivity index is 1.04. The zero-order chi connectivity index (χ0) is 22.4. The summed E-state index contributed by atoms with van der Waals surface area (Å²) in [5.41, 5.74) is 4.94. The van der Waals surface area contributed by atoms with E-state index in [9.17, 15) is 4.79 Å². The van der Waals surface area contributed by atoms with Crippen molar-refractivity contribution in [3.8, 4) is 11.1 Å². The van der Waals surface area contributed by atoms with Crippen LogP contribution >= 0.6 is 0 Å². The standard InChI is InChI=1S/C27H35N5O/c1-19-15-31(8-9-32(19)26-11-20-2-3-23(26)10-20)27(33)17-30-7-6-22-12-21(4-5-24(22)16-30)25-13-28-18-29-14-25/h4-5,12-14,18-20,23,26H,2-3,6-11,15-17H2,1H3/t19-,20+,23-,26?/m0/s1. The van der Waals surface area contributed by atoms with Gasteiger partial charge in [-0.05, 0) is 61.1 Å². The van der Waals surface area contributed by atoms with Gasteiger partial charge in [0.1, 0.15) is 6.33 Å². The lowest BCUT2D eigenvalue weighted by molar-refractivity contribution is -0.136. The van der Waals surface area contributed by atoms with Crippen LogP contribution in [0.15, 0.2) is 36.9 Å². The average Bonchev–Trinajstić information content (AvgIpc) is 3.48. The van der Waals surface area contributed by atoms with Crippen LogP contribution in [0.3, 0.4) is 0 Å². The largest absolute Gasteiger partial charge is 0.339 e. The summed E-state index contributed by atoms with van der Waals surface area (Å²) >= 11 is 0. The van der Waals surface area contributed by atoms with E-state index >= 15 is 0 Å². The Kier molecular flexibility index (Phi) is 5.67. The first-order valence-electron chi connectivity index (χ1n) is 12.8. The molecule has 6 heteroatoms. The lowest BCUT2D eigenvalue weighted by Gasteiger charge is -2.45. The molecule has 2 aliphatic heterocycles. The number of hydrogen-bond donors (Lipinski definition) is 0. The van der Waals surface area contributed by atoms with Gasteiger partial charge in [-0.1, -0.05) is 24.6 Å². The third-order valence-corrected chi connectivity index (χ3v) is 8.71. The second-order valence-electron chi connectivity index (χ2n) is 10.7. The molecule has 2 saturated carbocycles. The molecule has 1 aromatic heterocycles. The summed E-state index contributed by atoms with van der Waals surface area (Å²) in [4.78, 5) is 28.6. The van der Waals surface area contributed by atoms with Crippen LogP contribution in [0.1, 0.15) is 43.7 Å². The molecule has 0 spiro atoms. The molecule has 0 radical (unpaired) electrons. The van der Waals surface area contributed by atoms with Gasteiger partial charge in [0.05, 0.1) is 6.54 Å². The van der Waals surface area contributed by atoms with Crippen molar-refractivity contribution in [1.82, 2.24) is 24.7 Å². The zero-order valence-corrected chi connectivity index (χ0v) is 19.7.